The largest absolute Gasteiger partial charge is 0.301 e. The predicted molar refractivity (Wildman–Crippen MR) is 73.8 cm³/mol. The maximum atomic E-state index is 12.2. The molecule has 0 unspecified atom stereocenters. The number of hydrogen-bond acceptors (Lipinski definition) is 6. The van der Waals surface area contributed by atoms with Crippen LogP contribution < -0.4 is 10.0 Å². The standard InChI is InChI=1S/C11H16N4O3S2/c1-6(16)12-10-13-14-11(19-10)20(17,18)15-9-5-7-2-3-8(9)4-7/h7-9,15H,2-5H2,1H3,(H,12,13,16)/t7-,8+,9-/m0/s1. The molecule has 2 N–H and O–H groups in total. The fraction of sp³-hybridized carbons (Fsp3) is 0.727. The molecular weight excluding hydrogens is 300 g/mol. The van der Waals surface area contributed by atoms with Crippen molar-refractivity contribution in [2.75, 3.05) is 5.32 Å². The lowest BCUT2D eigenvalue weighted by atomic mass is 9.96. The van der Waals surface area contributed by atoms with Crippen LogP contribution in [0.5, 0.6) is 0 Å². The van der Waals surface area contributed by atoms with Gasteiger partial charge in [-0.2, -0.15) is 0 Å². The van der Waals surface area contributed by atoms with Gasteiger partial charge in [0.25, 0.3) is 10.0 Å². The summed E-state index contributed by atoms with van der Waals surface area (Å²) in [4.78, 5) is 10.9. The second-order valence-electron chi connectivity index (χ2n) is 5.46. The molecule has 1 amide bonds. The number of carbonyl (C=O) groups excluding carboxylic acids is 1. The molecule has 7 nitrogen and oxygen atoms in total. The van der Waals surface area contributed by atoms with Crippen LogP contribution in [0.3, 0.4) is 0 Å². The lowest BCUT2D eigenvalue weighted by Crippen LogP contribution is -2.38. The third-order valence-corrected chi connectivity index (χ3v) is 6.66. The zero-order valence-electron chi connectivity index (χ0n) is 11.0. The zero-order chi connectivity index (χ0) is 14.3. The van der Waals surface area contributed by atoms with Gasteiger partial charge in [-0.05, 0) is 31.1 Å². The molecule has 2 fully saturated rings. The highest BCUT2D eigenvalue weighted by molar-refractivity contribution is 7.91. The van der Waals surface area contributed by atoms with Crippen molar-refractivity contribution in [3.8, 4) is 0 Å². The molecule has 1 aromatic rings. The number of nitrogens with one attached hydrogen (secondary N) is 2. The van der Waals surface area contributed by atoms with Crippen LogP contribution in [0.4, 0.5) is 5.13 Å². The Hall–Kier alpha value is -1.06. The fourth-order valence-corrected chi connectivity index (χ4v) is 5.44. The van der Waals surface area contributed by atoms with Crippen molar-refractivity contribution < 1.29 is 13.2 Å². The number of nitrogens with zero attached hydrogens (tertiary/aromatic N) is 2. The van der Waals surface area contributed by atoms with Crippen molar-refractivity contribution >= 4 is 32.4 Å². The Morgan fingerprint density at radius 1 is 1.30 bits per heavy atom. The first-order valence-corrected chi connectivity index (χ1v) is 8.87. The first-order valence-electron chi connectivity index (χ1n) is 6.57. The Labute approximate surface area is 121 Å². The summed E-state index contributed by atoms with van der Waals surface area (Å²) in [5, 5.41) is 9.94. The van der Waals surface area contributed by atoms with E-state index >= 15 is 0 Å². The van der Waals surface area contributed by atoms with Gasteiger partial charge in [0.2, 0.25) is 15.4 Å². The molecule has 0 spiro atoms. The Balaban J connectivity index is 1.71. The molecule has 2 saturated carbocycles. The van der Waals surface area contributed by atoms with Crippen molar-refractivity contribution in [1.29, 1.82) is 0 Å². The predicted octanol–water partition coefficient (Wildman–Crippen LogP) is 0.963. The number of aromatic nitrogens is 2. The third kappa shape index (κ3) is 2.70. The minimum absolute atomic E-state index is 0.0202. The molecule has 1 aromatic heterocycles. The average Bonchev–Trinajstić information content (AvgIpc) is 3.02. The van der Waals surface area contributed by atoms with Gasteiger partial charge in [-0.1, -0.05) is 17.8 Å². The molecule has 1 heterocycles. The summed E-state index contributed by atoms with van der Waals surface area (Å²) in [5.74, 6) is 0.820. The zero-order valence-corrected chi connectivity index (χ0v) is 12.6. The van der Waals surface area contributed by atoms with Crippen molar-refractivity contribution in [3.05, 3.63) is 0 Å². The Bertz CT molecular complexity index is 627. The highest BCUT2D eigenvalue weighted by Gasteiger charge is 2.41. The molecular formula is C11H16N4O3S2. The number of fused-ring (bicyclic) bond motifs is 2. The molecule has 0 aliphatic heterocycles. The smallest absolute Gasteiger partial charge is 0.270 e. The quantitative estimate of drug-likeness (QED) is 0.806. The monoisotopic (exact) mass is 316 g/mol. The van der Waals surface area contributed by atoms with Crippen LogP contribution >= 0.6 is 11.3 Å². The summed E-state index contributed by atoms with van der Waals surface area (Å²) in [6, 6.07) is 0.0202. The Kier molecular flexibility index (Phi) is 3.51. The van der Waals surface area contributed by atoms with Gasteiger partial charge in [0.1, 0.15) is 0 Å². The molecule has 9 heteroatoms. The topological polar surface area (TPSA) is 101 Å². The van der Waals surface area contributed by atoms with E-state index in [-0.39, 0.29) is 21.4 Å². The maximum Gasteiger partial charge on any atom is 0.270 e. The van der Waals surface area contributed by atoms with Gasteiger partial charge in [-0.25, -0.2) is 13.1 Å². The molecule has 0 saturated heterocycles. The van der Waals surface area contributed by atoms with Crippen LogP contribution in [0.15, 0.2) is 4.34 Å². The number of hydrogen-bond donors (Lipinski definition) is 2. The lowest BCUT2D eigenvalue weighted by molar-refractivity contribution is -0.114. The van der Waals surface area contributed by atoms with Gasteiger partial charge in [0, 0.05) is 13.0 Å². The van der Waals surface area contributed by atoms with Crippen molar-refractivity contribution in [3.63, 3.8) is 0 Å². The van der Waals surface area contributed by atoms with E-state index in [9.17, 15) is 13.2 Å². The number of rotatable bonds is 4. The van der Waals surface area contributed by atoms with E-state index in [0.717, 1.165) is 30.6 Å². The first-order chi connectivity index (χ1) is 9.44. The molecule has 2 aliphatic carbocycles. The van der Waals surface area contributed by atoms with E-state index in [1.807, 2.05) is 0 Å². The van der Waals surface area contributed by atoms with Crippen LogP contribution in [0, 0.1) is 11.8 Å². The molecule has 2 aliphatic rings. The molecule has 0 aromatic carbocycles. The van der Waals surface area contributed by atoms with Crippen molar-refractivity contribution in [2.24, 2.45) is 11.8 Å². The fourth-order valence-electron chi connectivity index (χ4n) is 3.16. The Morgan fingerprint density at radius 2 is 2.10 bits per heavy atom. The second-order valence-corrected chi connectivity index (χ2v) is 8.32. The van der Waals surface area contributed by atoms with Crippen LogP contribution in [0.1, 0.15) is 32.6 Å². The van der Waals surface area contributed by atoms with Gasteiger partial charge in [0.15, 0.2) is 0 Å². The van der Waals surface area contributed by atoms with Gasteiger partial charge < -0.3 is 5.32 Å². The van der Waals surface area contributed by atoms with E-state index in [4.69, 9.17) is 0 Å². The second kappa shape index (κ2) is 5.05. The van der Waals surface area contributed by atoms with Crippen LogP contribution in [0.25, 0.3) is 0 Å². The summed E-state index contributed by atoms with van der Waals surface area (Å²) in [6.45, 7) is 1.34. The number of amides is 1. The van der Waals surface area contributed by atoms with Crippen LogP contribution in [0.2, 0.25) is 0 Å². The summed E-state index contributed by atoms with van der Waals surface area (Å²) in [6.07, 6.45) is 4.36. The van der Waals surface area contributed by atoms with Crippen LogP contribution in [-0.4, -0.2) is 30.6 Å². The number of anilines is 1. The van der Waals surface area contributed by atoms with E-state index in [0.29, 0.717) is 11.8 Å². The molecule has 20 heavy (non-hydrogen) atoms. The van der Waals surface area contributed by atoms with Gasteiger partial charge in [-0.15, -0.1) is 10.2 Å². The Morgan fingerprint density at radius 3 is 2.70 bits per heavy atom. The first kappa shape index (κ1) is 13.9. The highest BCUT2D eigenvalue weighted by atomic mass is 32.2. The summed E-state index contributed by atoms with van der Waals surface area (Å²) >= 11 is 0.867. The van der Waals surface area contributed by atoms with Crippen LogP contribution in [-0.2, 0) is 14.8 Å². The van der Waals surface area contributed by atoms with Crippen molar-refractivity contribution in [1.82, 2.24) is 14.9 Å². The third-order valence-electron chi connectivity index (χ3n) is 3.96. The molecule has 3 rings (SSSR count). The maximum absolute atomic E-state index is 12.2. The summed E-state index contributed by atoms with van der Waals surface area (Å²) < 4.78 is 27.1. The van der Waals surface area contributed by atoms with Crippen molar-refractivity contribution in [2.45, 2.75) is 43.0 Å². The summed E-state index contributed by atoms with van der Waals surface area (Å²) in [7, 11) is -3.64. The highest BCUT2D eigenvalue weighted by Crippen LogP contribution is 2.44. The minimum Gasteiger partial charge on any atom is -0.301 e. The average molecular weight is 316 g/mol. The lowest BCUT2D eigenvalue weighted by Gasteiger charge is -2.21. The van der Waals surface area contributed by atoms with Gasteiger partial charge in [0.05, 0.1) is 0 Å². The van der Waals surface area contributed by atoms with Gasteiger partial charge in [-0.3, -0.25) is 4.79 Å². The molecule has 3 atom stereocenters. The van der Waals surface area contributed by atoms with E-state index in [1.165, 1.54) is 13.3 Å². The molecule has 2 bridgehead atoms. The normalized spacial score (nSPS) is 28.8. The van der Waals surface area contributed by atoms with Gasteiger partial charge >= 0.3 is 0 Å². The SMILES string of the molecule is CC(=O)Nc1nnc(S(=O)(=O)N[C@H]2C[C@H]3CC[C@@H]2C3)s1. The number of sulfonamides is 1. The van der Waals surface area contributed by atoms with E-state index in [1.54, 1.807) is 0 Å². The molecule has 110 valence electrons. The summed E-state index contributed by atoms with van der Waals surface area (Å²) in [5.41, 5.74) is 0. The molecule has 0 radical (unpaired) electrons. The van der Waals surface area contributed by atoms with E-state index < -0.39 is 10.0 Å². The van der Waals surface area contributed by atoms with E-state index in [2.05, 4.69) is 20.2 Å². The number of carbonyl (C=O) groups is 1. The minimum atomic E-state index is -3.64.